The molecule has 1 unspecified atom stereocenters. The van der Waals surface area contributed by atoms with E-state index in [9.17, 15) is 4.79 Å². The van der Waals surface area contributed by atoms with Gasteiger partial charge in [-0.2, -0.15) is 0 Å². The number of carbonyl (C=O) groups excluding carboxylic acids is 1. The molecule has 0 amide bonds. The van der Waals surface area contributed by atoms with Crippen molar-refractivity contribution in [1.82, 2.24) is 0 Å². The number of nitrogen functional groups attached to an aromatic ring is 1. The Balaban J connectivity index is 2.59. The summed E-state index contributed by atoms with van der Waals surface area (Å²) in [5.41, 5.74) is 6.27. The van der Waals surface area contributed by atoms with Crippen molar-refractivity contribution in [3.05, 3.63) is 28.8 Å². The summed E-state index contributed by atoms with van der Waals surface area (Å²) in [7, 11) is 0. The summed E-state index contributed by atoms with van der Waals surface area (Å²) in [4.78, 5) is 11.5. The van der Waals surface area contributed by atoms with Gasteiger partial charge in [-0.1, -0.05) is 11.6 Å². The average Bonchev–Trinajstić information content (AvgIpc) is 2.16. The smallest absolute Gasteiger partial charge is 0.339 e. The number of halogens is 1. The Morgan fingerprint density at radius 3 is 2.88 bits per heavy atom. The fourth-order valence-electron chi connectivity index (χ4n) is 1.10. The number of nitrogens with two attached hydrogens (primary N) is 1. The van der Waals surface area contributed by atoms with Crippen LogP contribution in [0.3, 0.4) is 0 Å². The minimum Gasteiger partial charge on any atom is -0.462 e. The van der Waals surface area contributed by atoms with Crippen LogP contribution >= 0.6 is 11.6 Å². The van der Waals surface area contributed by atoms with Gasteiger partial charge in [-0.15, -0.1) is 0 Å². The molecular weight excluding hydrogens is 230 g/mol. The van der Waals surface area contributed by atoms with E-state index in [1.54, 1.807) is 13.0 Å². The highest BCUT2D eigenvalue weighted by atomic mass is 35.5. The van der Waals surface area contributed by atoms with Gasteiger partial charge in [-0.25, -0.2) is 4.79 Å². The first-order chi connectivity index (χ1) is 7.50. The van der Waals surface area contributed by atoms with Crippen molar-refractivity contribution in [2.75, 3.05) is 12.3 Å². The summed E-state index contributed by atoms with van der Waals surface area (Å²) in [5.74, 6) is -0.509. The van der Waals surface area contributed by atoms with Crippen LogP contribution in [0.4, 0.5) is 5.69 Å². The number of rotatable bonds is 4. The predicted octanol–water partition coefficient (Wildman–Crippen LogP) is 1.85. The molecule has 0 heterocycles. The zero-order chi connectivity index (χ0) is 12.1. The Labute approximate surface area is 99.0 Å². The number of anilines is 1. The summed E-state index contributed by atoms with van der Waals surface area (Å²) in [6.07, 6.45) is -0.0899. The maximum Gasteiger partial charge on any atom is 0.339 e. The van der Waals surface area contributed by atoms with Crippen molar-refractivity contribution >= 4 is 23.3 Å². The summed E-state index contributed by atoms with van der Waals surface area (Å²) < 4.78 is 4.94. The zero-order valence-corrected chi connectivity index (χ0v) is 9.70. The Morgan fingerprint density at radius 2 is 2.31 bits per heavy atom. The lowest BCUT2D eigenvalue weighted by atomic mass is 10.2. The van der Waals surface area contributed by atoms with Crippen LogP contribution in [0.2, 0.25) is 5.02 Å². The highest BCUT2D eigenvalue weighted by Crippen LogP contribution is 2.19. The molecule has 0 aliphatic heterocycles. The maximum atomic E-state index is 11.5. The summed E-state index contributed by atoms with van der Waals surface area (Å²) in [6, 6.07) is 4.59. The molecule has 0 aliphatic carbocycles. The SMILES string of the molecule is CC(O)CCOC(=O)c1ccc(N)cc1Cl. The molecule has 3 N–H and O–H groups in total. The predicted molar refractivity (Wildman–Crippen MR) is 62.4 cm³/mol. The molecule has 1 aromatic rings. The Hall–Kier alpha value is -1.26. The standard InChI is InChI=1S/C11H14ClNO3/c1-7(14)4-5-16-11(15)9-3-2-8(13)6-10(9)12/h2-3,6-7,14H,4-5,13H2,1H3. The van der Waals surface area contributed by atoms with E-state index < -0.39 is 12.1 Å². The number of hydrogen-bond donors (Lipinski definition) is 2. The Bertz CT molecular complexity index is 379. The minimum atomic E-state index is -0.509. The van der Waals surface area contributed by atoms with Gasteiger partial charge in [0, 0.05) is 12.1 Å². The molecule has 0 aromatic heterocycles. The van der Waals surface area contributed by atoms with E-state index in [2.05, 4.69) is 0 Å². The minimum absolute atomic E-state index is 0.164. The van der Waals surface area contributed by atoms with Crippen LogP contribution in [0.5, 0.6) is 0 Å². The van der Waals surface area contributed by atoms with Gasteiger partial charge in [-0.05, 0) is 25.1 Å². The van der Waals surface area contributed by atoms with Crippen LogP contribution in [-0.4, -0.2) is 23.8 Å². The highest BCUT2D eigenvalue weighted by Gasteiger charge is 2.11. The monoisotopic (exact) mass is 243 g/mol. The molecule has 0 radical (unpaired) electrons. The molecule has 1 atom stereocenters. The van der Waals surface area contributed by atoms with Crippen molar-refractivity contribution in [2.45, 2.75) is 19.4 Å². The third-order valence-electron chi connectivity index (χ3n) is 1.98. The lowest BCUT2D eigenvalue weighted by molar-refractivity contribution is 0.0444. The van der Waals surface area contributed by atoms with Crippen molar-refractivity contribution in [3.63, 3.8) is 0 Å². The Morgan fingerprint density at radius 1 is 1.62 bits per heavy atom. The van der Waals surface area contributed by atoms with E-state index in [-0.39, 0.29) is 17.2 Å². The van der Waals surface area contributed by atoms with Crippen LogP contribution in [0.15, 0.2) is 18.2 Å². The van der Waals surface area contributed by atoms with E-state index in [1.807, 2.05) is 0 Å². The van der Waals surface area contributed by atoms with E-state index in [0.29, 0.717) is 12.1 Å². The van der Waals surface area contributed by atoms with Gasteiger partial charge in [0.2, 0.25) is 0 Å². The van der Waals surface area contributed by atoms with E-state index in [1.165, 1.54) is 12.1 Å². The molecule has 0 aliphatic rings. The van der Waals surface area contributed by atoms with Gasteiger partial charge in [-0.3, -0.25) is 0 Å². The van der Waals surface area contributed by atoms with E-state index in [0.717, 1.165) is 0 Å². The molecule has 88 valence electrons. The van der Waals surface area contributed by atoms with Crippen LogP contribution in [0, 0.1) is 0 Å². The second-order valence-electron chi connectivity index (χ2n) is 3.51. The second-order valence-corrected chi connectivity index (χ2v) is 3.92. The normalized spacial score (nSPS) is 12.2. The summed E-state index contributed by atoms with van der Waals surface area (Å²) in [5, 5.41) is 9.26. The summed E-state index contributed by atoms with van der Waals surface area (Å²) in [6.45, 7) is 1.79. The zero-order valence-electron chi connectivity index (χ0n) is 8.94. The second kappa shape index (κ2) is 5.72. The number of ether oxygens (including phenoxy) is 1. The van der Waals surface area contributed by atoms with Gasteiger partial charge in [0.05, 0.1) is 23.3 Å². The van der Waals surface area contributed by atoms with Crippen LogP contribution in [-0.2, 0) is 4.74 Å². The van der Waals surface area contributed by atoms with Crippen LogP contribution in [0.25, 0.3) is 0 Å². The molecule has 0 spiro atoms. The molecular formula is C11H14ClNO3. The van der Waals surface area contributed by atoms with Gasteiger partial charge >= 0.3 is 5.97 Å². The third-order valence-corrected chi connectivity index (χ3v) is 2.29. The first-order valence-electron chi connectivity index (χ1n) is 4.91. The largest absolute Gasteiger partial charge is 0.462 e. The molecule has 0 fully saturated rings. The van der Waals surface area contributed by atoms with Crippen LogP contribution < -0.4 is 5.73 Å². The van der Waals surface area contributed by atoms with Crippen molar-refractivity contribution in [2.24, 2.45) is 0 Å². The first-order valence-corrected chi connectivity index (χ1v) is 5.28. The third kappa shape index (κ3) is 3.72. The van der Waals surface area contributed by atoms with Crippen molar-refractivity contribution in [1.29, 1.82) is 0 Å². The van der Waals surface area contributed by atoms with Crippen molar-refractivity contribution < 1.29 is 14.6 Å². The molecule has 16 heavy (non-hydrogen) atoms. The maximum absolute atomic E-state index is 11.5. The molecule has 1 aromatic carbocycles. The highest BCUT2D eigenvalue weighted by molar-refractivity contribution is 6.33. The first kappa shape index (κ1) is 12.8. The number of benzene rings is 1. The topological polar surface area (TPSA) is 72.5 Å². The quantitative estimate of drug-likeness (QED) is 0.625. The van der Waals surface area contributed by atoms with Gasteiger partial charge in [0.25, 0.3) is 0 Å². The molecule has 1 rings (SSSR count). The molecule has 0 bridgehead atoms. The molecule has 4 nitrogen and oxygen atoms in total. The van der Waals surface area contributed by atoms with Gasteiger partial charge < -0.3 is 15.6 Å². The average molecular weight is 244 g/mol. The van der Waals surface area contributed by atoms with Gasteiger partial charge in [0.15, 0.2) is 0 Å². The molecule has 5 heteroatoms. The fraction of sp³-hybridized carbons (Fsp3) is 0.364. The number of aliphatic hydroxyl groups is 1. The number of carbonyl (C=O) groups is 1. The van der Waals surface area contributed by atoms with Crippen molar-refractivity contribution in [3.8, 4) is 0 Å². The lowest BCUT2D eigenvalue weighted by Crippen LogP contribution is -2.11. The molecule has 0 saturated heterocycles. The number of esters is 1. The lowest BCUT2D eigenvalue weighted by Gasteiger charge is -2.07. The summed E-state index contributed by atoms with van der Waals surface area (Å²) >= 11 is 5.84. The molecule has 0 saturated carbocycles. The van der Waals surface area contributed by atoms with Crippen LogP contribution in [0.1, 0.15) is 23.7 Å². The Kier molecular flexibility index (Phi) is 4.58. The van der Waals surface area contributed by atoms with E-state index in [4.69, 9.17) is 27.2 Å². The van der Waals surface area contributed by atoms with E-state index >= 15 is 0 Å². The number of aliphatic hydroxyl groups excluding tert-OH is 1. The number of hydrogen-bond acceptors (Lipinski definition) is 4. The fourth-order valence-corrected chi connectivity index (χ4v) is 1.36. The van der Waals surface area contributed by atoms with Gasteiger partial charge in [0.1, 0.15) is 0 Å².